The van der Waals surface area contributed by atoms with Gasteiger partial charge in [-0.25, -0.2) is 4.79 Å². The number of nitrogens with zero attached hydrogens (tertiary/aromatic N) is 3. The molecule has 1 heterocycles. The highest BCUT2D eigenvalue weighted by molar-refractivity contribution is 8.82. The van der Waals surface area contributed by atoms with Gasteiger partial charge in [-0.1, -0.05) is 96.0 Å². The number of carbonyl (C=O) groups excluding carboxylic acids is 5. The molecule has 1 aromatic carbocycles. The van der Waals surface area contributed by atoms with E-state index in [1.165, 1.54) is 37.0 Å². The highest BCUT2D eigenvalue weighted by Crippen LogP contribution is 2.36. The maximum atomic E-state index is 14.5. The van der Waals surface area contributed by atoms with Gasteiger partial charge in [0.05, 0.1) is 53.5 Å². The Labute approximate surface area is 384 Å². The van der Waals surface area contributed by atoms with Gasteiger partial charge in [0.2, 0.25) is 23.6 Å². The van der Waals surface area contributed by atoms with Crippen molar-refractivity contribution in [2.24, 2.45) is 29.4 Å². The zero-order chi connectivity index (χ0) is 47.9. The van der Waals surface area contributed by atoms with Crippen LogP contribution in [0.15, 0.2) is 30.3 Å². The van der Waals surface area contributed by atoms with Crippen molar-refractivity contribution in [2.45, 2.75) is 148 Å². The summed E-state index contributed by atoms with van der Waals surface area (Å²) >= 11 is 0. The fraction of sp³-hybridized carbons (Fsp3) is 0.733. The van der Waals surface area contributed by atoms with Gasteiger partial charge in [-0.15, -0.1) is 0 Å². The van der Waals surface area contributed by atoms with Crippen LogP contribution in [-0.2, 0) is 33.4 Å². The van der Waals surface area contributed by atoms with Crippen molar-refractivity contribution in [3.8, 4) is 0 Å². The lowest BCUT2D eigenvalue weighted by Crippen LogP contribution is -2.60. The number of ether oxygens (including phenoxy) is 3. The zero-order valence-corrected chi connectivity index (χ0v) is 41.6. The minimum absolute atomic E-state index is 0.00790. The summed E-state index contributed by atoms with van der Waals surface area (Å²) in [6, 6.07) is 5.67. The van der Waals surface area contributed by atoms with Crippen molar-refractivity contribution in [1.82, 2.24) is 25.3 Å². The number of rotatable bonds is 24. The quantitative estimate of drug-likeness (QED) is 0.0499. The molecule has 0 aromatic heterocycles. The molecule has 0 saturated carbocycles. The van der Waals surface area contributed by atoms with Crippen LogP contribution < -0.4 is 16.4 Å². The highest BCUT2D eigenvalue weighted by Gasteiger charge is 2.44. The molecule has 2 rings (SSSR count). The molecule has 1 aromatic rings. The molecule has 16 nitrogen and oxygen atoms in total. The SMILES string of the molecule is CC[C@H](C)[C@@H](C(CC(=O)N1CCCC1C(OC)C(C)C(=O)NC(C)C(O)c1ccccc1)OC)N(C)C(=O)[C@@H](NC(=O)C(C(C)C)N(C)C(=O)OCC(C)(C)SSC(=N)N)C(C)C. The first-order chi connectivity index (χ1) is 29.4. The van der Waals surface area contributed by atoms with E-state index in [0.29, 0.717) is 24.9 Å². The second-order valence-corrected chi connectivity index (χ2v) is 21.0. The van der Waals surface area contributed by atoms with Crippen molar-refractivity contribution in [3.63, 3.8) is 0 Å². The number of benzene rings is 1. The van der Waals surface area contributed by atoms with Crippen LogP contribution in [0.2, 0.25) is 0 Å². The molecule has 1 aliphatic heterocycles. The predicted octanol–water partition coefficient (Wildman–Crippen LogP) is 5.43. The van der Waals surface area contributed by atoms with Crippen LogP contribution in [0.5, 0.6) is 0 Å². The number of amides is 5. The van der Waals surface area contributed by atoms with Crippen LogP contribution in [-0.4, -0.2) is 143 Å². The smallest absolute Gasteiger partial charge is 0.410 e. The number of hydrogen-bond donors (Lipinski definition) is 5. The Morgan fingerprint density at radius 1 is 0.952 bits per heavy atom. The molecule has 1 fully saturated rings. The third-order valence-electron chi connectivity index (χ3n) is 12.0. The summed E-state index contributed by atoms with van der Waals surface area (Å²) in [5, 5.41) is 24.2. The summed E-state index contributed by atoms with van der Waals surface area (Å²) in [6.07, 6.45) is -0.972. The first-order valence-electron chi connectivity index (χ1n) is 22.0. The van der Waals surface area contributed by atoms with Crippen LogP contribution in [0.4, 0.5) is 4.79 Å². The molecule has 10 atom stereocenters. The van der Waals surface area contributed by atoms with Crippen molar-refractivity contribution in [2.75, 3.05) is 41.5 Å². The Hall–Kier alpha value is -3.58. The third kappa shape index (κ3) is 15.8. The van der Waals surface area contributed by atoms with E-state index in [9.17, 15) is 29.1 Å². The lowest BCUT2D eigenvalue weighted by molar-refractivity contribution is -0.148. The molecule has 358 valence electrons. The van der Waals surface area contributed by atoms with E-state index in [-0.39, 0.29) is 53.7 Å². The molecule has 63 heavy (non-hydrogen) atoms. The molecule has 5 amide bonds. The number of likely N-dealkylation sites (tertiary alicyclic amines) is 1. The fourth-order valence-electron chi connectivity index (χ4n) is 8.21. The number of amidine groups is 1. The monoisotopic (exact) mass is 924 g/mol. The van der Waals surface area contributed by atoms with E-state index in [0.717, 1.165) is 17.2 Å². The number of nitrogens with two attached hydrogens (primary N) is 1. The van der Waals surface area contributed by atoms with Gasteiger partial charge < -0.3 is 45.5 Å². The van der Waals surface area contributed by atoms with Gasteiger partial charge in [-0.05, 0) is 67.7 Å². The van der Waals surface area contributed by atoms with Gasteiger partial charge in [-0.2, -0.15) is 0 Å². The Bertz CT molecular complexity index is 1660. The lowest BCUT2D eigenvalue weighted by atomic mass is 9.89. The molecule has 7 unspecified atom stereocenters. The van der Waals surface area contributed by atoms with Crippen molar-refractivity contribution >= 4 is 56.5 Å². The van der Waals surface area contributed by atoms with Crippen LogP contribution in [0.3, 0.4) is 0 Å². The molecular formula is C45H77N7O9S2. The second-order valence-electron chi connectivity index (χ2n) is 18.1. The summed E-state index contributed by atoms with van der Waals surface area (Å²) in [5.74, 6) is -2.80. The topological polar surface area (TPSA) is 217 Å². The Balaban J connectivity index is 2.26. The Morgan fingerprint density at radius 2 is 1.57 bits per heavy atom. The van der Waals surface area contributed by atoms with Crippen LogP contribution in [0.25, 0.3) is 0 Å². The zero-order valence-electron chi connectivity index (χ0n) is 40.0. The summed E-state index contributed by atoms with van der Waals surface area (Å²) in [7, 11) is 8.58. The van der Waals surface area contributed by atoms with E-state index < -0.39 is 71.2 Å². The lowest BCUT2D eigenvalue weighted by Gasteiger charge is -2.41. The maximum Gasteiger partial charge on any atom is 0.410 e. The number of aliphatic hydroxyl groups is 1. The summed E-state index contributed by atoms with van der Waals surface area (Å²) in [4.78, 5) is 74.3. The summed E-state index contributed by atoms with van der Waals surface area (Å²) in [6.45, 7) is 19.0. The average Bonchev–Trinajstić information content (AvgIpc) is 3.73. The van der Waals surface area contributed by atoms with Crippen LogP contribution >= 0.6 is 21.6 Å². The van der Waals surface area contributed by atoms with Gasteiger partial charge in [-0.3, -0.25) is 29.5 Å². The standard InChI is InChI=1S/C45H77N7O9S2/c1-15-28(6)37(50(11)42(57)35(26(2)3)49-41(56)36(27(4)5)51(12)44(58)61-25-45(9,10)63-62-43(46)47)33(59-13)24-34(53)52-23-19-22-32(52)39(60-14)29(7)40(55)48-30(8)38(54)31-20-17-16-18-21-31/h16-18,20-21,26-30,32-33,35-39,54H,15,19,22-25H2,1-14H3,(H3,46,47)(H,48,55)(H,49,56)/t28-,29?,30?,32?,33?,35-,36?,37-,38?,39?/m0/s1. The molecule has 0 spiro atoms. The highest BCUT2D eigenvalue weighted by atomic mass is 33.1. The number of carbonyl (C=O) groups is 5. The minimum Gasteiger partial charge on any atom is -0.448 e. The van der Waals surface area contributed by atoms with Crippen molar-refractivity contribution in [1.29, 1.82) is 5.41 Å². The predicted molar refractivity (Wildman–Crippen MR) is 251 cm³/mol. The molecule has 0 bridgehead atoms. The molecule has 6 N–H and O–H groups in total. The molecular weight excluding hydrogens is 847 g/mol. The third-order valence-corrected chi connectivity index (χ3v) is 15.0. The Morgan fingerprint density at radius 3 is 2.10 bits per heavy atom. The average molecular weight is 924 g/mol. The van der Waals surface area contributed by atoms with Crippen LogP contribution in [0.1, 0.15) is 107 Å². The Kier molecular flexibility index (Phi) is 22.7. The van der Waals surface area contributed by atoms with Crippen molar-refractivity contribution < 1.29 is 43.3 Å². The first-order valence-corrected chi connectivity index (χ1v) is 24.1. The van der Waals surface area contributed by atoms with Crippen molar-refractivity contribution in [3.05, 3.63) is 35.9 Å². The van der Waals surface area contributed by atoms with E-state index in [1.807, 2.05) is 73.6 Å². The largest absolute Gasteiger partial charge is 0.448 e. The second kappa shape index (κ2) is 25.8. The van der Waals surface area contributed by atoms with E-state index >= 15 is 0 Å². The molecule has 1 saturated heterocycles. The van der Waals surface area contributed by atoms with Gasteiger partial charge in [0.1, 0.15) is 18.7 Å². The van der Waals surface area contributed by atoms with Gasteiger partial charge in [0, 0.05) is 34.9 Å². The van der Waals surface area contributed by atoms with E-state index in [4.69, 9.17) is 25.4 Å². The first kappa shape index (κ1) is 55.6. The van der Waals surface area contributed by atoms with Crippen LogP contribution in [0, 0.1) is 29.1 Å². The maximum absolute atomic E-state index is 14.5. The normalized spacial score (nSPS) is 18.6. The van der Waals surface area contributed by atoms with E-state index in [2.05, 4.69) is 10.6 Å². The molecule has 18 heteroatoms. The number of likely N-dealkylation sites (N-methyl/N-ethyl adjacent to an activating group) is 2. The molecule has 1 aliphatic rings. The van der Waals surface area contributed by atoms with E-state index in [1.54, 1.807) is 42.8 Å². The van der Waals surface area contributed by atoms with Gasteiger partial charge in [0.15, 0.2) is 5.17 Å². The number of hydrogen-bond acceptors (Lipinski definition) is 12. The minimum atomic E-state index is -0.971. The molecule has 0 radical (unpaired) electrons. The van der Waals surface area contributed by atoms with Gasteiger partial charge in [0.25, 0.3) is 0 Å². The number of aliphatic hydroxyl groups excluding tert-OH is 1. The summed E-state index contributed by atoms with van der Waals surface area (Å²) in [5.41, 5.74) is 6.16. The molecule has 0 aliphatic carbocycles. The summed E-state index contributed by atoms with van der Waals surface area (Å²) < 4.78 is 17.0. The number of methoxy groups -OCH3 is 2. The number of nitrogens with one attached hydrogen (secondary N) is 3. The fourth-order valence-corrected chi connectivity index (χ4v) is 9.72. The van der Waals surface area contributed by atoms with Gasteiger partial charge >= 0.3 is 6.09 Å².